The van der Waals surface area contributed by atoms with Crippen molar-refractivity contribution in [3.63, 3.8) is 0 Å². The van der Waals surface area contributed by atoms with Gasteiger partial charge in [0, 0.05) is 22.2 Å². The van der Waals surface area contributed by atoms with Crippen LogP contribution in [0.2, 0.25) is 0 Å². The highest BCUT2D eigenvalue weighted by atomic mass is 16.5. The zero-order valence-corrected chi connectivity index (χ0v) is 23.2. The zero-order valence-electron chi connectivity index (χ0n) is 23.2. The van der Waals surface area contributed by atoms with Crippen LogP contribution in [0.25, 0.3) is 0 Å². The zero-order chi connectivity index (χ0) is 24.8. The van der Waals surface area contributed by atoms with Crippen LogP contribution in [-0.2, 0) is 10.8 Å². The Morgan fingerprint density at radius 2 is 1.27 bits per heavy atom. The fourth-order valence-electron chi connectivity index (χ4n) is 6.61. The SMILES string of the molecule is CC1(C)CC(C2CCC(COc3cc(C(C)(C)C)c(O)c(C(C)(C)C)c3)CC2)CC(C)(C)N1. The lowest BCUT2D eigenvalue weighted by molar-refractivity contribution is 0.0644. The Bertz CT molecular complexity index is 766. The number of benzene rings is 1. The van der Waals surface area contributed by atoms with Gasteiger partial charge in [0.25, 0.3) is 0 Å². The Labute approximate surface area is 204 Å². The van der Waals surface area contributed by atoms with E-state index in [1.165, 1.54) is 38.5 Å². The van der Waals surface area contributed by atoms with Crippen LogP contribution in [0, 0.1) is 17.8 Å². The summed E-state index contributed by atoms with van der Waals surface area (Å²) in [6.07, 6.45) is 7.79. The molecule has 0 bridgehead atoms. The molecule has 2 N–H and O–H groups in total. The molecule has 2 aliphatic rings. The van der Waals surface area contributed by atoms with Crippen molar-refractivity contribution in [2.45, 2.75) is 130 Å². The van der Waals surface area contributed by atoms with Gasteiger partial charge in [0.2, 0.25) is 0 Å². The average Bonchev–Trinajstić information content (AvgIpc) is 2.63. The number of nitrogens with one attached hydrogen (secondary N) is 1. The number of phenolic OH excluding ortho intramolecular Hbond substituents is 1. The molecule has 1 saturated heterocycles. The molecule has 0 amide bonds. The van der Waals surface area contributed by atoms with Crippen LogP contribution in [0.1, 0.15) is 119 Å². The van der Waals surface area contributed by atoms with Crippen molar-refractivity contribution in [1.82, 2.24) is 5.32 Å². The highest BCUT2D eigenvalue weighted by molar-refractivity contribution is 5.52. The molecule has 3 rings (SSSR count). The van der Waals surface area contributed by atoms with Crippen LogP contribution in [0.4, 0.5) is 0 Å². The van der Waals surface area contributed by atoms with E-state index < -0.39 is 0 Å². The molecule has 0 atom stereocenters. The summed E-state index contributed by atoms with van der Waals surface area (Å²) in [5.74, 6) is 3.66. The summed E-state index contributed by atoms with van der Waals surface area (Å²) in [5, 5.41) is 14.8. The first-order chi connectivity index (χ1) is 15.0. The summed E-state index contributed by atoms with van der Waals surface area (Å²) in [5.41, 5.74) is 2.17. The third kappa shape index (κ3) is 6.68. The van der Waals surface area contributed by atoms with E-state index in [-0.39, 0.29) is 21.9 Å². The van der Waals surface area contributed by atoms with Crippen LogP contribution in [-0.4, -0.2) is 22.8 Å². The summed E-state index contributed by atoms with van der Waals surface area (Å²) in [4.78, 5) is 0. The first-order valence-electron chi connectivity index (χ1n) is 13.3. The predicted molar refractivity (Wildman–Crippen MR) is 140 cm³/mol. The lowest BCUT2D eigenvalue weighted by Crippen LogP contribution is -2.58. The first-order valence-corrected chi connectivity index (χ1v) is 13.3. The van der Waals surface area contributed by atoms with Crippen molar-refractivity contribution in [3.05, 3.63) is 23.3 Å². The van der Waals surface area contributed by atoms with E-state index in [0.717, 1.165) is 35.3 Å². The molecule has 0 unspecified atom stereocenters. The van der Waals surface area contributed by atoms with E-state index in [1.54, 1.807) is 0 Å². The van der Waals surface area contributed by atoms with Crippen molar-refractivity contribution in [1.29, 1.82) is 0 Å². The molecular formula is C30H51NO2. The molecule has 188 valence electrons. The van der Waals surface area contributed by atoms with Crippen molar-refractivity contribution in [3.8, 4) is 11.5 Å². The smallest absolute Gasteiger partial charge is 0.123 e. The predicted octanol–water partition coefficient (Wildman–Crippen LogP) is 7.73. The van der Waals surface area contributed by atoms with E-state index in [1.807, 2.05) is 0 Å². The Morgan fingerprint density at radius 1 is 0.818 bits per heavy atom. The number of aromatic hydroxyl groups is 1. The average molecular weight is 458 g/mol. The molecule has 2 fully saturated rings. The maximum atomic E-state index is 11.0. The topological polar surface area (TPSA) is 41.5 Å². The summed E-state index contributed by atoms with van der Waals surface area (Å²) in [6.45, 7) is 23.2. The molecule has 1 aromatic carbocycles. The summed E-state index contributed by atoms with van der Waals surface area (Å²) in [7, 11) is 0. The molecular weight excluding hydrogens is 406 g/mol. The van der Waals surface area contributed by atoms with Crippen LogP contribution in [0.5, 0.6) is 11.5 Å². The molecule has 0 radical (unpaired) electrons. The minimum absolute atomic E-state index is 0.127. The van der Waals surface area contributed by atoms with Gasteiger partial charge < -0.3 is 15.2 Å². The normalized spacial score (nSPS) is 26.2. The van der Waals surface area contributed by atoms with Gasteiger partial charge in [0.15, 0.2) is 0 Å². The maximum Gasteiger partial charge on any atom is 0.123 e. The lowest BCUT2D eigenvalue weighted by Gasteiger charge is -2.49. The monoisotopic (exact) mass is 457 g/mol. The van der Waals surface area contributed by atoms with Crippen molar-refractivity contribution >= 4 is 0 Å². The van der Waals surface area contributed by atoms with Crippen LogP contribution in [0.3, 0.4) is 0 Å². The minimum atomic E-state index is -0.127. The van der Waals surface area contributed by atoms with Crippen LogP contribution < -0.4 is 10.1 Å². The maximum absolute atomic E-state index is 11.0. The largest absolute Gasteiger partial charge is 0.507 e. The van der Waals surface area contributed by atoms with Gasteiger partial charge in [-0.3, -0.25) is 0 Å². The number of piperidine rings is 1. The number of hydrogen-bond acceptors (Lipinski definition) is 3. The second-order valence-corrected chi connectivity index (χ2v) is 14.5. The fourth-order valence-corrected chi connectivity index (χ4v) is 6.61. The van der Waals surface area contributed by atoms with Crippen molar-refractivity contribution in [2.75, 3.05) is 6.61 Å². The number of rotatable bonds is 4. The summed E-state index contributed by atoms with van der Waals surface area (Å²) in [6, 6.07) is 4.13. The van der Waals surface area contributed by atoms with E-state index >= 15 is 0 Å². The summed E-state index contributed by atoms with van der Waals surface area (Å²) < 4.78 is 6.40. The highest BCUT2D eigenvalue weighted by Crippen LogP contribution is 2.44. The molecule has 1 aliphatic heterocycles. The number of phenols is 1. The van der Waals surface area contributed by atoms with Gasteiger partial charge in [-0.05, 0) is 107 Å². The Hall–Kier alpha value is -1.22. The Balaban J connectivity index is 1.63. The molecule has 1 heterocycles. The Kier molecular flexibility index (Phi) is 7.27. The van der Waals surface area contributed by atoms with Crippen molar-refractivity contribution in [2.24, 2.45) is 17.8 Å². The van der Waals surface area contributed by atoms with Gasteiger partial charge in [-0.15, -0.1) is 0 Å². The second-order valence-electron chi connectivity index (χ2n) is 14.5. The lowest BCUT2D eigenvalue weighted by atomic mass is 9.66. The van der Waals surface area contributed by atoms with Gasteiger partial charge in [-0.1, -0.05) is 41.5 Å². The van der Waals surface area contributed by atoms with E-state index in [0.29, 0.717) is 11.7 Å². The van der Waals surface area contributed by atoms with Crippen LogP contribution >= 0.6 is 0 Å². The molecule has 1 aliphatic carbocycles. The number of hydrogen-bond donors (Lipinski definition) is 2. The van der Waals surface area contributed by atoms with E-state index in [4.69, 9.17) is 4.74 Å². The quantitative estimate of drug-likeness (QED) is 0.486. The molecule has 3 heteroatoms. The summed E-state index contributed by atoms with van der Waals surface area (Å²) >= 11 is 0. The third-order valence-electron chi connectivity index (χ3n) is 7.97. The third-order valence-corrected chi connectivity index (χ3v) is 7.97. The van der Waals surface area contributed by atoms with Gasteiger partial charge in [-0.2, -0.15) is 0 Å². The van der Waals surface area contributed by atoms with E-state index in [9.17, 15) is 5.11 Å². The highest BCUT2D eigenvalue weighted by Gasteiger charge is 2.41. The van der Waals surface area contributed by atoms with Gasteiger partial charge in [0.1, 0.15) is 11.5 Å². The molecule has 3 nitrogen and oxygen atoms in total. The molecule has 1 saturated carbocycles. The standard InChI is InChI=1S/C30H51NO2/c1-27(2,3)24-15-23(16-25(26(24)32)28(4,5)6)33-19-20-11-13-21(14-12-20)22-17-29(7,8)31-30(9,10)18-22/h15-16,20-22,31-32H,11-14,17-19H2,1-10H3. The van der Waals surface area contributed by atoms with Crippen LogP contribution in [0.15, 0.2) is 12.1 Å². The van der Waals surface area contributed by atoms with Gasteiger partial charge >= 0.3 is 0 Å². The molecule has 0 spiro atoms. The first kappa shape index (κ1) is 26.4. The van der Waals surface area contributed by atoms with Gasteiger partial charge in [0.05, 0.1) is 6.61 Å². The molecule has 0 aromatic heterocycles. The number of ether oxygens (including phenoxy) is 1. The van der Waals surface area contributed by atoms with Crippen molar-refractivity contribution < 1.29 is 9.84 Å². The fraction of sp³-hybridized carbons (Fsp3) is 0.800. The molecule has 33 heavy (non-hydrogen) atoms. The van der Waals surface area contributed by atoms with Gasteiger partial charge in [-0.25, -0.2) is 0 Å². The minimum Gasteiger partial charge on any atom is -0.507 e. The van der Waals surface area contributed by atoms with E-state index in [2.05, 4.69) is 86.7 Å². The Morgan fingerprint density at radius 3 is 1.70 bits per heavy atom. The molecule has 1 aromatic rings. The second kappa shape index (κ2) is 9.10.